The molecule has 5 saturated heterocycles. The lowest BCUT2D eigenvalue weighted by Crippen LogP contribution is -2.79. The van der Waals surface area contributed by atoms with Crippen LogP contribution < -0.4 is 0 Å². The molecule has 0 aromatic carbocycles. The second-order valence-corrected chi connectivity index (χ2v) is 8.31. The van der Waals surface area contributed by atoms with Crippen LogP contribution in [0, 0.1) is 16.7 Å². The summed E-state index contributed by atoms with van der Waals surface area (Å²) < 4.78 is 0. The van der Waals surface area contributed by atoms with Gasteiger partial charge in [-0.3, -0.25) is 14.6 Å². The second-order valence-electron chi connectivity index (χ2n) is 8.31. The van der Waals surface area contributed by atoms with Gasteiger partial charge in [-0.25, -0.2) is 0 Å². The molecule has 5 aliphatic rings. The highest BCUT2D eigenvalue weighted by atomic mass is 16.1. The van der Waals surface area contributed by atoms with E-state index in [2.05, 4.69) is 35.6 Å². The molecule has 5 aliphatic heterocycles. The lowest BCUT2D eigenvalue weighted by atomic mass is 9.61. The number of piperidine rings is 3. The van der Waals surface area contributed by atoms with Crippen LogP contribution in [0.3, 0.4) is 0 Å². The number of hydrogen-bond acceptors (Lipinski definition) is 4. The van der Waals surface area contributed by atoms with Crippen LogP contribution >= 0.6 is 0 Å². The summed E-state index contributed by atoms with van der Waals surface area (Å²) in [5, 5.41) is 0. The summed E-state index contributed by atoms with van der Waals surface area (Å²) in [6, 6.07) is 0. The molecular formula is C16H27N3O. The van der Waals surface area contributed by atoms with Gasteiger partial charge in [0.05, 0.1) is 17.0 Å². The van der Waals surface area contributed by atoms with Crippen molar-refractivity contribution >= 4 is 5.78 Å². The molecule has 0 amide bonds. The Balaban J connectivity index is 1.59. The summed E-state index contributed by atoms with van der Waals surface area (Å²) in [5.74, 6) is 1.33. The van der Waals surface area contributed by atoms with Gasteiger partial charge in [-0.1, -0.05) is 13.8 Å². The fourth-order valence-corrected chi connectivity index (χ4v) is 5.55. The van der Waals surface area contributed by atoms with E-state index < -0.39 is 0 Å². The zero-order chi connectivity index (χ0) is 14.1. The lowest BCUT2D eigenvalue weighted by molar-refractivity contribution is -0.206. The minimum Gasteiger partial charge on any atom is -0.306 e. The summed E-state index contributed by atoms with van der Waals surface area (Å²) in [5.41, 5.74) is -0.208. The highest BCUT2D eigenvalue weighted by molar-refractivity contribution is 5.92. The van der Waals surface area contributed by atoms with Gasteiger partial charge in [0, 0.05) is 26.2 Å². The van der Waals surface area contributed by atoms with Crippen LogP contribution in [0.25, 0.3) is 0 Å². The van der Waals surface area contributed by atoms with Gasteiger partial charge in [-0.2, -0.15) is 0 Å². The molecule has 0 saturated carbocycles. The van der Waals surface area contributed by atoms with Crippen molar-refractivity contribution in [3.05, 3.63) is 0 Å². The average Bonchev–Trinajstić information content (AvgIpc) is 2.36. The Morgan fingerprint density at radius 1 is 0.950 bits per heavy atom. The Bertz CT molecular complexity index is 401. The highest BCUT2D eigenvalue weighted by Gasteiger charge is 2.62. The van der Waals surface area contributed by atoms with E-state index in [0.717, 1.165) is 32.1 Å². The summed E-state index contributed by atoms with van der Waals surface area (Å²) >= 11 is 0. The number of hydrogen-bond donors (Lipinski definition) is 0. The second kappa shape index (κ2) is 4.05. The SMILES string of the molecule is CN1CCC(C2N3CC4(C)CN2CC(C)(C3)C4=O)CC1. The van der Waals surface area contributed by atoms with Crippen LogP contribution in [-0.4, -0.2) is 73.0 Å². The standard InChI is InChI=1S/C16H27N3O/c1-15-8-18-10-16(2,14(15)20)11-19(9-15)13(18)12-4-6-17(3)7-5-12/h12-13H,4-11H2,1-3H3. The van der Waals surface area contributed by atoms with E-state index in [1.165, 1.54) is 25.9 Å². The number of carbonyl (C=O) groups is 1. The summed E-state index contributed by atoms with van der Waals surface area (Å²) in [7, 11) is 2.23. The predicted octanol–water partition coefficient (Wildman–Crippen LogP) is 0.881. The zero-order valence-electron chi connectivity index (χ0n) is 13.1. The minimum atomic E-state index is -0.104. The topological polar surface area (TPSA) is 26.8 Å². The molecule has 112 valence electrons. The largest absolute Gasteiger partial charge is 0.306 e. The van der Waals surface area contributed by atoms with Gasteiger partial charge in [0.15, 0.2) is 0 Å². The molecule has 5 fully saturated rings. The van der Waals surface area contributed by atoms with Crippen LogP contribution in [0.4, 0.5) is 0 Å². The van der Waals surface area contributed by atoms with Crippen molar-refractivity contribution in [2.75, 3.05) is 46.3 Å². The third-order valence-electron chi connectivity index (χ3n) is 6.24. The molecule has 4 nitrogen and oxygen atoms in total. The number of nitrogens with zero attached hydrogens (tertiary/aromatic N) is 3. The van der Waals surface area contributed by atoms with Crippen molar-refractivity contribution < 1.29 is 4.79 Å². The highest BCUT2D eigenvalue weighted by Crippen LogP contribution is 2.50. The first kappa shape index (κ1) is 13.2. The zero-order valence-corrected chi connectivity index (χ0v) is 13.1. The van der Waals surface area contributed by atoms with E-state index in [0.29, 0.717) is 11.9 Å². The smallest absolute Gasteiger partial charge is 0.149 e. The molecule has 20 heavy (non-hydrogen) atoms. The van der Waals surface area contributed by atoms with E-state index >= 15 is 0 Å². The van der Waals surface area contributed by atoms with Gasteiger partial charge in [0.2, 0.25) is 0 Å². The first-order valence-corrected chi connectivity index (χ1v) is 8.13. The Hall–Kier alpha value is -0.450. The monoisotopic (exact) mass is 277 g/mol. The van der Waals surface area contributed by atoms with E-state index in [9.17, 15) is 4.79 Å². The van der Waals surface area contributed by atoms with Crippen molar-refractivity contribution in [2.24, 2.45) is 16.7 Å². The maximum atomic E-state index is 12.7. The minimum absolute atomic E-state index is 0.104. The van der Waals surface area contributed by atoms with E-state index in [-0.39, 0.29) is 10.8 Å². The maximum absolute atomic E-state index is 12.7. The third kappa shape index (κ3) is 1.68. The van der Waals surface area contributed by atoms with Gasteiger partial charge < -0.3 is 4.90 Å². The summed E-state index contributed by atoms with van der Waals surface area (Å²) in [6.07, 6.45) is 3.24. The first-order chi connectivity index (χ1) is 9.41. The van der Waals surface area contributed by atoms with Crippen molar-refractivity contribution in [2.45, 2.75) is 32.9 Å². The quantitative estimate of drug-likeness (QED) is 0.711. The van der Waals surface area contributed by atoms with Crippen molar-refractivity contribution in [1.82, 2.24) is 14.7 Å². The molecule has 4 bridgehead atoms. The summed E-state index contributed by atoms with van der Waals surface area (Å²) in [6.45, 7) is 10.8. The lowest BCUT2D eigenvalue weighted by Gasteiger charge is -2.66. The molecule has 0 N–H and O–H groups in total. The molecule has 0 radical (unpaired) electrons. The van der Waals surface area contributed by atoms with Crippen LogP contribution in [0.2, 0.25) is 0 Å². The van der Waals surface area contributed by atoms with Crippen molar-refractivity contribution in [1.29, 1.82) is 0 Å². The third-order valence-corrected chi connectivity index (χ3v) is 6.24. The van der Waals surface area contributed by atoms with E-state index in [1.54, 1.807) is 0 Å². The molecule has 5 rings (SSSR count). The average molecular weight is 277 g/mol. The van der Waals surface area contributed by atoms with E-state index in [4.69, 9.17) is 0 Å². The molecular weight excluding hydrogens is 250 g/mol. The molecule has 0 atom stereocenters. The summed E-state index contributed by atoms with van der Waals surface area (Å²) in [4.78, 5) is 20.4. The Labute approximate surface area is 122 Å². The molecule has 0 aromatic rings. The molecule has 0 aliphatic carbocycles. The van der Waals surface area contributed by atoms with Gasteiger partial charge >= 0.3 is 0 Å². The first-order valence-electron chi connectivity index (χ1n) is 8.13. The Morgan fingerprint density at radius 2 is 1.40 bits per heavy atom. The van der Waals surface area contributed by atoms with Crippen LogP contribution in [0.5, 0.6) is 0 Å². The molecule has 5 heterocycles. The number of likely N-dealkylation sites (tertiary alicyclic amines) is 1. The normalized spacial score (nSPS) is 52.8. The number of carbonyl (C=O) groups excluding carboxylic acids is 1. The number of Topliss-reactive ketones (excluding diaryl/α,β-unsaturated/α-hetero) is 1. The van der Waals surface area contributed by atoms with Crippen molar-refractivity contribution in [3.8, 4) is 0 Å². The van der Waals surface area contributed by atoms with Gasteiger partial charge in [0.1, 0.15) is 5.78 Å². The van der Waals surface area contributed by atoms with Gasteiger partial charge in [-0.15, -0.1) is 0 Å². The van der Waals surface area contributed by atoms with E-state index in [1.807, 2.05) is 0 Å². The number of ketones is 1. The maximum Gasteiger partial charge on any atom is 0.149 e. The van der Waals surface area contributed by atoms with Crippen molar-refractivity contribution in [3.63, 3.8) is 0 Å². The fraction of sp³-hybridized carbons (Fsp3) is 0.938. The Kier molecular flexibility index (Phi) is 2.68. The molecule has 0 unspecified atom stereocenters. The van der Waals surface area contributed by atoms with Gasteiger partial charge in [-0.05, 0) is 38.9 Å². The molecule has 0 spiro atoms. The fourth-order valence-electron chi connectivity index (χ4n) is 5.55. The van der Waals surface area contributed by atoms with Gasteiger partial charge in [0.25, 0.3) is 0 Å². The van der Waals surface area contributed by atoms with Crippen LogP contribution in [0.15, 0.2) is 0 Å². The molecule has 0 aromatic heterocycles. The Morgan fingerprint density at radius 3 is 1.85 bits per heavy atom. The predicted molar refractivity (Wildman–Crippen MR) is 78.4 cm³/mol. The van der Waals surface area contributed by atoms with Crippen LogP contribution in [0.1, 0.15) is 26.7 Å². The van der Waals surface area contributed by atoms with Crippen LogP contribution in [-0.2, 0) is 4.79 Å². The molecule has 4 heteroatoms. The number of rotatable bonds is 1.